The zero-order valence-corrected chi connectivity index (χ0v) is 22.4. The summed E-state index contributed by atoms with van der Waals surface area (Å²) in [5.41, 5.74) is -0.315. The third-order valence-electron chi connectivity index (χ3n) is 5.99. The average molecular weight is 583 g/mol. The Balaban J connectivity index is 1.74. The summed E-state index contributed by atoms with van der Waals surface area (Å²) in [5.74, 6) is 1.44. The minimum Gasteiger partial charge on any atom is -0.497 e. The minimum absolute atomic E-state index is 0.00608. The van der Waals surface area contributed by atoms with Crippen LogP contribution in [-0.2, 0) is 30.5 Å². The van der Waals surface area contributed by atoms with Gasteiger partial charge in [-0.05, 0) is 48.0 Å². The molecular formula is C27H29F3N2O7S. The normalized spacial score (nSPS) is 17.5. The number of carbonyl (C=O) groups excluding carboxylic acids is 1. The Morgan fingerprint density at radius 2 is 1.85 bits per heavy atom. The van der Waals surface area contributed by atoms with E-state index in [0.717, 1.165) is 16.4 Å². The number of alkyl halides is 3. The molecule has 2 aromatic carbocycles. The van der Waals surface area contributed by atoms with Crippen LogP contribution in [0.15, 0.2) is 65.3 Å². The van der Waals surface area contributed by atoms with E-state index in [2.05, 4.69) is 11.2 Å². The first kappa shape index (κ1) is 31.0. The summed E-state index contributed by atoms with van der Waals surface area (Å²) in [6.07, 6.45) is 1.28. The number of ether oxygens (including phenoxy) is 3. The standard InChI is InChI=1S/C27H29F3N2O7S/c1-3-12-31-26(34)24-17-20(19-4-6-21(7-5-19)27(28,29)30)18-25(39-24)38-16-14-32(13-15-33)40(35,36)23-10-8-22(37-2)9-11-23/h1,4-11,17,20,25,33H,12-16,18H2,2H3,(H,31,34)/t20-,25+/m1/s1. The van der Waals surface area contributed by atoms with Gasteiger partial charge in [-0.15, -0.1) is 6.42 Å². The molecule has 2 N–H and O–H groups in total. The van der Waals surface area contributed by atoms with Gasteiger partial charge in [-0.25, -0.2) is 8.42 Å². The van der Waals surface area contributed by atoms with E-state index in [9.17, 15) is 31.5 Å². The van der Waals surface area contributed by atoms with Gasteiger partial charge in [0.2, 0.25) is 16.3 Å². The van der Waals surface area contributed by atoms with E-state index in [1.807, 2.05) is 0 Å². The number of benzene rings is 2. The van der Waals surface area contributed by atoms with Gasteiger partial charge in [0.15, 0.2) is 5.76 Å². The molecule has 1 heterocycles. The number of carbonyl (C=O) groups is 1. The molecule has 0 aromatic heterocycles. The SMILES string of the molecule is C#CCNC(=O)C1=C[C@@H](c2ccc(C(F)(F)F)cc2)C[C@@H](OCCN(CCO)S(=O)(=O)c2ccc(OC)cc2)O1. The van der Waals surface area contributed by atoms with Gasteiger partial charge >= 0.3 is 6.18 Å². The molecule has 0 bridgehead atoms. The first-order valence-corrected chi connectivity index (χ1v) is 13.6. The molecule has 1 aliphatic rings. The molecule has 13 heteroatoms. The van der Waals surface area contributed by atoms with E-state index >= 15 is 0 Å². The maximum absolute atomic E-state index is 13.1. The number of aliphatic hydroxyl groups is 1. The van der Waals surface area contributed by atoms with Crippen molar-refractivity contribution < 1.29 is 45.7 Å². The van der Waals surface area contributed by atoms with Crippen LogP contribution in [0.2, 0.25) is 0 Å². The highest BCUT2D eigenvalue weighted by molar-refractivity contribution is 7.89. The Morgan fingerprint density at radius 3 is 2.42 bits per heavy atom. The highest BCUT2D eigenvalue weighted by Crippen LogP contribution is 2.34. The Kier molecular flexibility index (Phi) is 10.6. The monoisotopic (exact) mass is 582 g/mol. The molecule has 40 heavy (non-hydrogen) atoms. The van der Waals surface area contributed by atoms with Gasteiger partial charge in [0.1, 0.15) is 5.75 Å². The fourth-order valence-corrected chi connectivity index (χ4v) is 5.35. The third kappa shape index (κ3) is 7.98. The second kappa shape index (κ2) is 13.7. The van der Waals surface area contributed by atoms with E-state index in [1.54, 1.807) is 0 Å². The van der Waals surface area contributed by atoms with E-state index < -0.39 is 46.5 Å². The van der Waals surface area contributed by atoms with Crippen LogP contribution in [0.25, 0.3) is 0 Å². The highest BCUT2D eigenvalue weighted by Gasteiger charge is 2.32. The summed E-state index contributed by atoms with van der Waals surface area (Å²) in [6, 6.07) is 10.3. The molecule has 216 valence electrons. The number of methoxy groups -OCH3 is 1. The molecule has 0 fully saturated rings. The van der Waals surface area contributed by atoms with Crippen LogP contribution in [0, 0.1) is 12.3 Å². The number of nitrogens with one attached hydrogen (secondary N) is 1. The summed E-state index contributed by atoms with van der Waals surface area (Å²) in [6.45, 7) is -1.03. The van der Waals surface area contributed by atoms with Crippen molar-refractivity contribution >= 4 is 15.9 Å². The fraction of sp³-hybridized carbons (Fsp3) is 0.370. The van der Waals surface area contributed by atoms with E-state index in [-0.39, 0.29) is 43.3 Å². The largest absolute Gasteiger partial charge is 0.497 e. The first-order valence-electron chi connectivity index (χ1n) is 12.1. The molecule has 3 rings (SSSR count). The van der Waals surface area contributed by atoms with E-state index in [4.69, 9.17) is 20.6 Å². The summed E-state index contributed by atoms with van der Waals surface area (Å²) in [4.78, 5) is 12.5. The van der Waals surface area contributed by atoms with Crippen LogP contribution in [-0.4, -0.2) is 70.0 Å². The number of halogens is 3. The van der Waals surface area contributed by atoms with Crippen LogP contribution in [0.1, 0.15) is 23.5 Å². The van der Waals surface area contributed by atoms with Gasteiger partial charge in [-0.2, -0.15) is 17.5 Å². The van der Waals surface area contributed by atoms with Crippen molar-refractivity contribution in [1.82, 2.24) is 9.62 Å². The lowest BCUT2D eigenvalue weighted by atomic mass is 9.92. The molecule has 0 aliphatic carbocycles. The van der Waals surface area contributed by atoms with Crippen LogP contribution in [0.4, 0.5) is 13.2 Å². The molecule has 0 saturated heterocycles. The lowest BCUT2D eigenvalue weighted by molar-refractivity contribution is -0.146. The van der Waals surface area contributed by atoms with Gasteiger partial charge < -0.3 is 24.6 Å². The van der Waals surface area contributed by atoms with E-state index in [0.29, 0.717) is 11.3 Å². The molecule has 9 nitrogen and oxygen atoms in total. The molecule has 1 aliphatic heterocycles. The molecule has 0 radical (unpaired) electrons. The minimum atomic E-state index is -4.50. The third-order valence-corrected chi connectivity index (χ3v) is 7.90. The van der Waals surface area contributed by atoms with Crippen LogP contribution in [0.3, 0.4) is 0 Å². The second-order valence-electron chi connectivity index (χ2n) is 8.60. The van der Waals surface area contributed by atoms with Gasteiger partial charge in [-0.3, -0.25) is 4.79 Å². The number of sulfonamides is 1. The van der Waals surface area contributed by atoms with Crippen molar-refractivity contribution in [2.45, 2.75) is 29.7 Å². The van der Waals surface area contributed by atoms with Crippen LogP contribution < -0.4 is 10.1 Å². The lowest BCUT2D eigenvalue weighted by Crippen LogP contribution is -2.38. The predicted molar refractivity (Wildman–Crippen MR) is 138 cm³/mol. The number of amides is 1. The maximum atomic E-state index is 13.1. The van der Waals surface area contributed by atoms with Crippen molar-refractivity contribution in [1.29, 1.82) is 0 Å². The Bertz CT molecular complexity index is 1320. The molecular weight excluding hydrogens is 553 g/mol. The number of allylic oxidation sites excluding steroid dienone is 1. The maximum Gasteiger partial charge on any atom is 0.416 e. The van der Waals surface area contributed by atoms with Gasteiger partial charge in [0.05, 0.1) is 37.3 Å². The Labute approximate surface area is 230 Å². The number of rotatable bonds is 12. The van der Waals surface area contributed by atoms with Gasteiger partial charge in [0.25, 0.3) is 5.91 Å². The van der Waals surface area contributed by atoms with Crippen molar-refractivity contribution in [3.63, 3.8) is 0 Å². The predicted octanol–water partition coefficient (Wildman–Crippen LogP) is 2.88. The number of hydrogen-bond donors (Lipinski definition) is 2. The van der Waals surface area contributed by atoms with Crippen molar-refractivity contribution in [2.75, 3.05) is 40.0 Å². The quantitative estimate of drug-likeness (QED) is 0.370. The second-order valence-corrected chi connectivity index (χ2v) is 10.5. The summed E-state index contributed by atoms with van der Waals surface area (Å²) in [5, 5.41) is 11.9. The van der Waals surface area contributed by atoms with Crippen LogP contribution >= 0.6 is 0 Å². The molecule has 2 atom stereocenters. The number of nitrogens with zero attached hydrogens (tertiary/aromatic N) is 1. The van der Waals surface area contributed by atoms with Crippen molar-refractivity contribution in [3.8, 4) is 18.1 Å². The molecule has 0 saturated carbocycles. The zero-order chi connectivity index (χ0) is 29.3. The van der Waals surface area contributed by atoms with Crippen molar-refractivity contribution in [3.05, 3.63) is 71.5 Å². The first-order chi connectivity index (χ1) is 19.0. The average Bonchev–Trinajstić information content (AvgIpc) is 2.94. The molecule has 1 amide bonds. The van der Waals surface area contributed by atoms with Gasteiger partial charge in [0, 0.05) is 25.4 Å². The van der Waals surface area contributed by atoms with Crippen molar-refractivity contribution in [2.24, 2.45) is 0 Å². The highest BCUT2D eigenvalue weighted by atomic mass is 32.2. The molecule has 0 spiro atoms. The zero-order valence-electron chi connectivity index (χ0n) is 21.6. The van der Waals surface area contributed by atoms with Crippen LogP contribution in [0.5, 0.6) is 5.75 Å². The summed E-state index contributed by atoms with van der Waals surface area (Å²) < 4.78 is 82.8. The Morgan fingerprint density at radius 1 is 1.18 bits per heavy atom. The fourth-order valence-electron chi connectivity index (χ4n) is 3.93. The Hall–Kier alpha value is -3.57. The number of hydrogen-bond acceptors (Lipinski definition) is 7. The number of terminal acetylenes is 1. The van der Waals surface area contributed by atoms with E-state index in [1.165, 1.54) is 49.6 Å². The summed E-state index contributed by atoms with van der Waals surface area (Å²) in [7, 11) is -2.53. The molecule has 2 aromatic rings. The lowest BCUT2D eigenvalue weighted by Gasteiger charge is -2.30. The number of aliphatic hydroxyl groups excluding tert-OH is 1. The topological polar surface area (TPSA) is 114 Å². The van der Waals surface area contributed by atoms with Gasteiger partial charge in [-0.1, -0.05) is 18.1 Å². The molecule has 0 unspecified atom stereocenters. The summed E-state index contributed by atoms with van der Waals surface area (Å²) >= 11 is 0. The smallest absolute Gasteiger partial charge is 0.416 e.